The molecule has 1 aliphatic rings. The minimum atomic E-state index is 0.132. The summed E-state index contributed by atoms with van der Waals surface area (Å²) in [6.45, 7) is 3.46. The summed E-state index contributed by atoms with van der Waals surface area (Å²) < 4.78 is 0. The van der Waals surface area contributed by atoms with E-state index >= 15 is 0 Å². The van der Waals surface area contributed by atoms with E-state index in [0.29, 0.717) is 6.54 Å². The van der Waals surface area contributed by atoms with E-state index in [0.717, 1.165) is 31.9 Å². The van der Waals surface area contributed by atoms with Gasteiger partial charge in [0.25, 0.3) is 0 Å². The number of nitrogens with one attached hydrogen (secondary N) is 1. The van der Waals surface area contributed by atoms with Gasteiger partial charge in [-0.2, -0.15) is 0 Å². The average Bonchev–Trinajstić information content (AvgIpc) is 2.79. The molecular formula is C23H24N4O. The third-order valence-corrected chi connectivity index (χ3v) is 5.09. The molecule has 5 nitrogen and oxygen atoms in total. The van der Waals surface area contributed by atoms with E-state index in [1.807, 2.05) is 23.1 Å². The van der Waals surface area contributed by atoms with Gasteiger partial charge in [0.1, 0.15) is 0 Å². The second-order valence-corrected chi connectivity index (χ2v) is 6.84. The third kappa shape index (κ3) is 4.14. The lowest BCUT2D eigenvalue weighted by molar-refractivity contribution is -0.129. The molecule has 1 fully saturated rings. The maximum Gasteiger partial charge on any atom is 0.241 e. The minimum Gasteiger partial charge on any atom is -0.376 e. The van der Waals surface area contributed by atoms with Crippen LogP contribution in [0.1, 0.15) is 0 Å². The smallest absolute Gasteiger partial charge is 0.241 e. The van der Waals surface area contributed by atoms with Crippen LogP contribution in [-0.4, -0.2) is 48.5 Å². The minimum absolute atomic E-state index is 0.132. The Hall–Kier alpha value is -3.34. The van der Waals surface area contributed by atoms with Crippen LogP contribution in [0.5, 0.6) is 0 Å². The van der Waals surface area contributed by atoms with Crippen molar-refractivity contribution in [3.63, 3.8) is 0 Å². The first-order chi connectivity index (χ1) is 13.8. The highest BCUT2D eigenvalue weighted by atomic mass is 16.2. The van der Waals surface area contributed by atoms with Crippen molar-refractivity contribution in [2.45, 2.75) is 0 Å². The number of amides is 1. The van der Waals surface area contributed by atoms with Crippen LogP contribution in [0.3, 0.4) is 0 Å². The number of para-hydroxylation sites is 1. The van der Waals surface area contributed by atoms with Crippen LogP contribution in [0.4, 0.5) is 11.4 Å². The van der Waals surface area contributed by atoms with Crippen molar-refractivity contribution >= 4 is 17.3 Å². The van der Waals surface area contributed by atoms with Crippen molar-refractivity contribution in [3.8, 4) is 11.1 Å². The number of rotatable bonds is 5. The van der Waals surface area contributed by atoms with Crippen LogP contribution in [0.25, 0.3) is 11.1 Å². The lowest BCUT2D eigenvalue weighted by Gasteiger charge is -2.37. The van der Waals surface area contributed by atoms with Gasteiger partial charge in [0.15, 0.2) is 0 Å². The van der Waals surface area contributed by atoms with Crippen molar-refractivity contribution < 1.29 is 4.79 Å². The van der Waals surface area contributed by atoms with Crippen LogP contribution >= 0.6 is 0 Å². The Bertz CT molecular complexity index is 906. The molecule has 28 heavy (non-hydrogen) atoms. The molecule has 1 N–H and O–H groups in total. The van der Waals surface area contributed by atoms with E-state index in [4.69, 9.17) is 0 Å². The Morgan fingerprint density at radius 3 is 2.29 bits per heavy atom. The summed E-state index contributed by atoms with van der Waals surface area (Å²) in [6.07, 6.45) is 3.44. The highest BCUT2D eigenvalue weighted by molar-refractivity contribution is 5.82. The predicted octanol–water partition coefficient (Wildman–Crippen LogP) is 3.51. The fourth-order valence-corrected chi connectivity index (χ4v) is 3.57. The molecule has 4 rings (SSSR count). The molecule has 1 saturated heterocycles. The Morgan fingerprint density at radius 1 is 0.857 bits per heavy atom. The highest BCUT2D eigenvalue weighted by Crippen LogP contribution is 2.31. The number of hydrogen-bond donors (Lipinski definition) is 1. The molecule has 0 spiro atoms. The molecule has 2 heterocycles. The average molecular weight is 372 g/mol. The number of carbonyl (C=O) groups excluding carboxylic acids is 1. The van der Waals surface area contributed by atoms with E-state index in [2.05, 4.69) is 63.7 Å². The van der Waals surface area contributed by atoms with Crippen molar-refractivity contribution in [2.75, 3.05) is 42.9 Å². The van der Waals surface area contributed by atoms with E-state index in [1.54, 1.807) is 12.4 Å². The molecule has 3 aromatic rings. The fraction of sp³-hybridized carbons (Fsp3) is 0.217. The van der Waals surface area contributed by atoms with Gasteiger partial charge in [-0.05, 0) is 23.8 Å². The van der Waals surface area contributed by atoms with Gasteiger partial charge in [0.05, 0.1) is 6.54 Å². The van der Waals surface area contributed by atoms with E-state index < -0.39 is 0 Å². The summed E-state index contributed by atoms with van der Waals surface area (Å²) in [6, 6.07) is 22.7. The number of anilines is 2. The molecule has 0 radical (unpaired) electrons. The van der Waals surface area contributed by atoms with Gasteiger partial charge in [-0.1, -0.05) is 48.5 Å². The molecule has 0 atom stereocenters. The number of piperazine rings is 1. The molecule has 0 aliphatic carbocycles. The first-order valence-corrected chi connectivity index (χ1v) is 9.62. The fourth-order valence-electron chi connectivity index (χ4n) is 3.57. The molecule has 0 saturated carbocycles. The molecule has 1 amide bonds. The quantitative estimate of drug-likeness (QED) is 0.745. The number of pyridine rings is 1. The van der Waals surface area contributed by atoms with Crippen molar-refractivity contribution in [3.05, 3.63) is 79.1 Å². The summed E-state index contributed by atoms with van der Waals surface area (Å²) in [5.74, 6) is 0.132. The molecule has 0 bridgehead atoms. The first kappa shape index (κ1) is 18.0. The van der Waals surface area contributed by atoms with Crippen LogP contribution in [-0.2, 0) is 4.79 Å². The first-order valence-electron chi connectivity index (χ1n) is 9.62. The molecule has 2 aromatic carbocycles. The highest BCUT2D eigenvalue weighted by Gasteiger charge is 2.22. The second-order valence-electron chi connectivity index (χ2n) is 6.84. The van der Waals surface area contributed by atoms with Crippen molar-refractivity contribution in [2.24, 2.45) is 0 Å². The molecule has 1 aliphatic heterocycles. The van der Waals surface area contributed by atoms with Gasteiger partial charge in [-0.25, -0.2) is 0 Å². The SMILES string of the molecule is O=C(CNc1ccncc1)N1CCN(c2ccccc2-c2ccccc2)CC1. The van der Waals surface area contributed by atoms with Crippen molar-refractivity contribution in [1.82, 2.24) is 9.88 Å². The normalized spacial score (nSPS) is 14.0. The summed E-state index contributed by atoms with van der Waals surface area (Å²) in [5, 5.41) is 3.17. The third-order valence-electron chi connectivity index (χ3n) is 5.09. The van der Waals surface area contributed by atoms with Gasteiger partial charge < -0.3 is 15.1 Å². The maximum absolute atomic E-state index is 12.5. The predicted molar refractivity (Wildman–Crippen MR) is 113 cm³/mol. The largest absolute Gasteiger partial charge is 0.376 e. The summed E-state index contributed by atoms with van der Waals surface area (Å²) >= 11 is 0. The van der Waals surface area contributed by atoms with E-state index in [-0.39, 0.29) is 5.91 Å². The van der Waals surface area contributed by atoms with Gasteiger partial charge in [-0.15, -0.1) is 0 Å². The molecule has 142 valence electrons. The zero-order valence-corrected chi connectivity index (χ0v) is 15.8. The maximum atomic E-state index is 12.5. The topological polar surface area (TPSA) is 48.5 Å². The Kier molecular flexibility index (Phi) is 5.52. The van der Waals surface area contributed by atoms with Gasteiger partial charge >= 0.3 is 0 Å². The summed E-state index contributed by atoms with van der Waals surface area (Å²) in [7, 11) is 0. The number of carbonyl (C=O) groups is 1. The monoisotopic (exact) mass is 372 g/mol. The van der Waals surface area contributed by atoms with Crippen molar-refractivity contribution in [1.29, 1.82) is 0 Å². The molecule has 0 unspecified atom stereocenters. The van der Waals surface area contributed by atoms with E-state index in [9.17, 15) is 4.79 Å². The summed E-state index contributed by atoms with van der Waals surface area (Å²) in [5.41, 5.74) is 4.61. The van der Waals surface area contributed by atoms with Crippen LogP contribution in [0.15, 0.2) is 79.1 Å². The zero-order chi connectivity index (χ0) is 19.2. The Morgan fingerprint density at radius 2 is 1.54 bits per heavy atom. The van der Waals surface area contributed by atoms with Crippen LogP contribution in [0.2, 0.25) is 0 Å². The molecule has 1 aromatic heterocycles. The van der Waals surface area contributed by atoms with Gasteiger partial charge in [0.2, 0.25) is 5.91 Å². The Labute approximate surface area is 165 Å². The number of nitrogens with zero attached hydrogens (tertiary/aromatic N) is 3. The van der Waals surface area contributed by atoms with Crippen LogP contribution < -0.4 is 10.2 Å². The standard InChI is InChI=1S/C23H24N4O/c28-23(18-25-20-10-12-24-13-11-20)27-16-14-26(15-17-27)22-9-5-4-8-21(22)19-6-2-1-3-7-19/h1-13H,14-18H2,(H,24,25). The van der Waals surface area contributed by atoms with Gasteiger partial charge in [-0.3, -0.25) is 9.78 Å². The van der Waals surface area contributed by atoms with Gasteiger partial charge in [0, 0.05) is 55.5 Å². The van der Waals surface area contributed by atoms with E-state index in [1.165, 1.54) is 16.8 Å². The number of hydrogen-bond acceptors (Lipinski definition) is 4. The van der Waals surface area contributed by atoms with Crippen LogP contribution in [0, 0.1) is 0 Å². The Balaban J connectivity index is 1.38. The number of benzene rings is 2. The lowest BCUT2D eigenvalue weighted by Crippen LogP contribution is -2.50. The second kappa shape index (κ2) is 8.57. The zero-order valence-electron chi connectivity index (χ0n) is 15.8. The number of aromatic nitrogens is 1. The molecular weight excluding hydrogens is 348 g/mol. The lowest BCUT2D eigenvalue weighted by atomic mass is 10.0. The molecule has 5 heteroatoms. The summed E-state index contributed by atoms with van der Waals surface area (Å²) in [4.78, 5) is 20.8.